The highest BCUT2D eigenvalue weighted by Crippen LogP contribution is 2.26. The van der Waals surface area contributed by atoms with Crippen molar-refractivity contribution in [1.82, 2.24) is 4.98 Å². The molecule has 1 heterocycles. The Labute approximate surface area is 160 Å². The highest BCUT2D eigenvalue weighted by atomic mass is 79.9. The molecule has 0 saturated heterocycles. The third-order valence-electron chi connectivity index (χ3n) is 3.87. The first-order chi connectivity index (χ1) is 11.9. The number of pyridine rings is 1. The highest BCUT2D eigenvalue weighted by molar-refractivity contribution is 9.10. The first-order valence-corrected chi connectivity index (χ1v) is 8.91. The van der Waals surface area contributed by atoms with E-state index in [1.165, 1.54) is 5.56 Å². The number of aromatic nitrogens is 1. The van der Waals surface area contributed by atoms with Gasteiger partial charge in [-0.15, -0.1) is 0 Å². The Bertz CT molecular complexity index is 939. The number of benzene rings is 2. The maximum atomic E-state index is 12.4. The number of nitrogens with zero attached hydrogens (tertiary/aromatic N) is 1. The molecule has 0 atom stereocenters. The van der Waals surface area contributed by atoms with Crippen molar-refractivity contribution < 1.29 is 4.79 Å². The fourth-order valence-corrected chi connectivity index (χ4v) is 2.90. The number of amides is 1. The van der Waals surface area contributed by atoms with E-state index in [1.54, 1.807) is 30.5 Å². The molecule has 25 heavy (non-hydrogen) atoms. The summed E-state index contributed by atoms with van der Waals surface area (Å²) in [7, 11) is 0. The maximum absolute atomic E-state index is 12.4. The summed E-state index contributed by atoms with van der Waals surface area (Å²) in [5, 5.41) is 3.36. The Hall–Kier alpha value is -2.17. The van der Waals surface area contributed by atoms with Gasteiger partial charge in [-0.05, 0) is 71.7 Å². The lowest BCUT2D eigenvalue weighted by Crippen LogP contribution is -2.12. The van der Waals surface area contributed by atoms with Crippen molar-refractivity contribution in [2.75, 3.05) is 5.32 Å². The van der Waals surface area contributed by atoms with Crippen LogP contribution < -0.4 is 5.32 Å². The molecule has 3 nitrogen and oxygen atoms in total. The van der Waals surface area contributed by atoms with Gasteiger partial charge < -0.3 is 5.32 Å². The number of halogens is 2. The second kappa shape index (κ2) is 7.38. The van der Waals surface area contributed by atoms with Crippen LogP contribution in [-0.2, 0) is 0 Å². The summed E-state index contributed by atoms with van der Waals surface area (Å²) in [5.41, 5.74) is 5.39. The lowest BCUT2D eigenvalue weighted by atomic mass is 10.0. The molecule has 0 aliphatic carbocycles. The minimum absolute atomic E-state index is 0.224. The number of anilines is 1. The van der Waals surface area contributed by atoms with Crippen LogP contribution in [0.1, 0.15) is 21.5 Å². The van der Waals surface area contributed by atoms with Crippen molar-refractivity contribution in [3.8, 4) is 11.3 Å². The van der Waals surface area contributed by atoms with Gasteiger partial charge in [-0.25, -0.2) is 0 Å². The van der Waals surface area contributed by atoms with Crippen molar-refractivity contribution in [3.63, 3.8) is 0 Å². The van der Waals surface area contributed by atoms with Crippen LogP contribution in [0.5, 0.6) is 0 Å². The van der Waals surface area contributed by atoms with Crippen molar-refractivity contribution in [1.29, 1.82) is 0 Å². The van der Waals surface area contributed by atoms with Crippen molar-refractivity contribution >= 4 is 39.1 Å². The second-order valence-corrected chi connectivity index (χ2v) is 7.10. The maximum Gasteiger partial charge on any atom is 0.257 e. The molecule has 3 aromatic rings. The molecule has 0 saturated carbocycles. The predicted octanol–water partition coefficient (Wildman–Crippen LogP) is 6.03. The molecule has 3 rings (SSSR count). The third-order valence-corrected chi connectivity index (χ3v) is 5.10. The minimum Gasteiger partial charge on any atom is -0.322 e. The van der Waals surface area contributed by atoms with Gasteiger partial charge >= 0.3 is 0 Å². The standard InChI is InChI=1S/C20H16BrClN2O/c1-12-3-4-13(2)16(9-12)19-8-5-14(11-23-19)20(25)24-15-6-7-17(21)18(22)10-15/h3-11H,1-2H3,(H,24,25). The molecule has 1 amide bonds. The van der Waals surface area contributed by atoms with Crippen molar-refractivity contribution in [2.24, 2.45) is 0 Å². The molecule has 0 spiro atoms. The van der Waals surface area contributed by atoms with Crippen LogP contribution in [0.3, 0.4) is 0 Å². The first kappa shape index (κ1) is 17.6. The predicted molar refractivity (Wildman–Crippen MR) is 106 cm³/mol. The van der Waals surface area contributed by atoms with E-state index >= 15 is 0 Å². The molecule has 0 aliphatic rings. The Morgan fingerprint density at radius 2 is 1.88 bits per heavy atom. The van der Waals surface area contributed by atoms with Crippen LogP contribution >= 0.6 is 27.5 Å². The van der Waals surface area contributed by atoms with Crippen LogP contribution in [0.15, 0.2) is 59.2 Å². The van der Waals surface area contributed by atoms with Crippen LogP contribution in [0.2, 0.25) is 5.02 Å². The molecular formula is C20H16BrClN2O. The van der Waals surface area contributed by atoms with Gasteiger partial charge in [-0.1, -0.05) is 29.3 Å². The molecule has 5 heteroatoms. The number of nitrogens with one attached hydrogen (secondary N) is 1. The van der Waals surface area contributed by atoms with E-state index < -0.39 is 0 Å². The largest absolute Gasteiger partial charge is 0.322 e. The van der Waals surface area contributed by atoms with E-state index in [1.807, 2.05) is 19.9 Å². The molecule has 0 aliphatic heterocycles. The molecule has 0 fully saturated rings. The van der Waals surface area contributed by atoms with Gasteiger partial charge in [0.15, 0.2) is 0 Å². The minimum atomic E-state index is -0.224. The van der Waals surface area contributed by atoms with Gasteiger partial charge in [0.05, 0.1) is 16.3 Å². The van der Waals surface area contributed by atoms with E-state index in [0.717, 1.165) is 21.3 Å². The van der Waals surface area contributed by atoms with Gasteiger partial charge in [0.2, 0.25) is 0 Å². The average molecular weight is 416 g/mol. The summed E-state index contributed by atoms with van der Waals surface area (Å²) in [6.45, 7) is 4.10. The Morgan fingerprint density at radius 3 is 2.56 bits per heavy atom. The number of carbonyl (C=O) groups is 1. The summed E-state index contributed by atoms with van der Waals surface area (Å²) >= 11 is 9.38. The van der Waals surface area contributed by atoms with Gasteiger partial charge in [0.1, 0.15) is 0 Å². The molecule has 126 valence electrons. The number of carbonyl (C=O) groups excluding carboxylic acids is 1. The van der Waals surface area contributed by atoms with Crippen LogP contribution in [-0.4, -0.2) is 10.9 Å². The van der Waals surface area contributed by atoms with Crippen LogP contribution in [0, 0.1) is 13.8 Å². The van der Waals surface area contributed by atoms with Gasteiger partial charge in [-0.2, -0.15) is 0 Å². The van der Waals surface area contributed by atoms with Crippen molar-refractivity contribution in [3.05, 3.63) is 80.9 Å². The summed E-state index contributed by atoms with van der Waals surface area (Å²) in [4.78, 5) is 16.8. The SMILES string of the molecule is Cc1ccc(C)c(-c2ccc(C(=O)Nc3ccc(Br)c(Cl)c3)cn2)c1. The number of aryl methyl sites for hydroxylation is 2. The van der Waals surface area contributed by atoms with Crippen LogP contribution in [0.4, 0.5) is 5.69 Å². The number of hydrogen-bond acceptors (Lipinski definition) is 2. The smallest absolute Gasteiger partial charge is 0.257 e. The topological polar surface area (TPSA) is 42.0 Å². The molecular weight excluding hydrogens is 400 g/mol. The quantitative estimate of drug-likeness (QED) is 0.567. The van der Waals surface area contributed by atoms with Gasteiger partial charge in [-0.3, -0.25) is 9.78 Å². The van der Waals surface area contributed by atoms with E-state index in [0.29, 0.717) is 16.3 Å². The lowest BCUT2D eigenvalue weighted by molar-refractivity contribution is 0.102. The van der Waals surface area contributed by atoms with E-state index in [9.17, 15) is 4.79 Å². The van der Waals surface area contributed by atoms with Gasteiger partial charge in [0.25, 0.3) is 5.91 Å². The zero-order chi connectivity index (χ0) is 18.0. The number of hydrogen-bond donors (Lipinski definition) is 1. The number of rotatable bonds is 3. The third kappa shape index (κ3) is 4.09. The van der Waals surface area contributed by atoms with E-state index in [-0.39, 0.29) is 5.91 Å². The molecule has 1 aromatic heterocycles. The van der Waals surface area contributed by atoms with Gasteiger partial charge in [0, 0.05) is 21.9 Å². The van der Waals surface area contributed by atoms with Crippen LogP contribution in [0.25, 0.3) is 11.3 Å². The zero-order valence-corrected chi connectivity index (χ0v) is 16.1. The first-order valence-electron chi connectivity index (χ1n) is 7.74. The Kier molecular flexibility index (Phi) is 5.21. The molecule has 1 N–H and O–H groups in total. The summed E-state index contributed by atoms with van der Waals surface area (Å²) < 4.78 is 0.784. The summed E-state index contributed by atoms with van der Waals surface area (Å²) in [5.74, 6) is -0.224. The monoisotopic (exact) mass is 414 g/mol. The average Bonchev–Trinajstić information content (AvgIpc) is 2.60. The second-order valence-electron chi connectivity index (χ2n) is 5.83. The molecule has 0 bridgehead atoms. The molecule has 0 radical (unpaired) electrons. The Balaban J connectivity index is 1.80. The fourth-order valence-electron chi connectivity index (χ4n) is 2.48. The normalized spacial score (nSPS) is 10.6. The lowest BCUT2D eigenvalue weighted by Gasteiger charge is -2.09. The Morgan fingerprint density at radius 1 is 1.08 bits per heavy atom. The highest BCUT2D eigenvalue weighted by Gasteiger charge is 2.10. The van der Waals surface area contributed by atoms with Crippen molar-refractivity contribution in [2.45, 2.75) is 13.8 Å². The summed E-state index contributed by atoms with van der Waals surface area (Å²) in [6, 6.07) is 15.2. The molecule has 0 unspecified atom stereocenters. The fraction of sp³-hybridized carbons (Fsp3) is 0.100. The summed E-state index contributed by atoms with van der Waals surface area (Å²) in [6.07, 6.45) is 1.59. The van der Waals surface area contributed by atoms with E-state index in [2.05, 4.69) is 44.4 Å². The molecule has 2 aromatic carbocycles. The zero-order valence-electron chi connectivity index (χ0n) is 13.8. The van der Waals surface area contributed by atoms with E-state index in [4.69, 9.17) is 11.6 Å².